The second-order valence-electron chi connectivity index (χ2n) is 5.30. The maximum atomic E-state index is 10.0. The quantitative estimate of drug-likeness (QED) is 0.733. The van der Waals surface area contributed by atoms with Crippen molar-refractivity contribution in [1.29, 1.82) is 0 Å². The third-order valence-corrected chi connectivity index (χ3v) is 4.01. The number of rotatable bonds is 2. The second kappa shape index (κ2) is 5.30. The summed E-state index contributed by atoms with van der Waals surface area (Å²) >= 11 is 0. The third kappa shape index (κ3) is 2.50. The molecule has 0 radical (unpaired) electrons. The molecule has 1 aliphatic carbocycles. The Labute approximate surface area is 112 Å². The Bertz CT molecular complexity index is 466. The number of nitrogens with zero attached hydrogens (tertiary/aromatic N) is 2. The van der Waals surface area contributed by atoms with Gasteiger partial charge in [-0.05, 0) is 19.3 Å². The summed E-state index contributed by atoms with van der Waals surface area (Å²) in [5.41, 5.74) is 7.90. The highest BCUT2D eigenvalue weighted by Gasteiger charge is 2.26. The smallest absolute Gasteiger partial charge is 0.154 e. The Balaban J connectivity index is 1.84. The first-order chi connectivity index (χ1) is 9.25. The van der Waals surface area contributed by atoms with Crippen LogP contribution in [0.4, 0.5) is 11.6 Å². The van der Waals surface area contributed by atoms with Crippen LogP contribution in [0.5, 0.6) is 0 Å². The molecule has 0 unspecified atom stereocenters. The summed E-state index contributed by atoms with van der Waals surface area (Å²) in [7, 11) is 0. The number of fused-ring (bicyclic) bond motifs is 1. The lowest BCUT2D eigenvalue weighted by atomic mass is 9.92. The van der Waals surface area contributed by atoms with Crippen LogP contribution in [0.1, 0.15) is 36.8 Å². The van der Waals surface area contributed by atoms with Crippen LogP contribution in [0.25, 0.3) is 0 Å². The van der Waals surface area contributed by atoms with Crippen molar-refractivity contribution < 1.29 is 9.84 Å². The lowest BCUT2D eigenvalue weighted by Crippen LogP contribution is -2.37. The number of ether oxygens (including phenoxy) is 1. The molecule has 0 aromatic carbocycles. The van der Waals surface area contributed by atoms with Crippen LogP contribution in [0.15, 0.2) is 0 Å². The molecule has 3 rings (SSSR count). The summed E-state index contributed by atoms with van der Waals surface area (Å²) in [5, 5.41) is 21.5. The zero-order valence-electron chi connectivity index (χ0n) is 10.9. The van der Waals surface area contributed by atoms with Gasteiger partial charge in [0.25, 0.3) is 0 Å². The highest BCUT2D eigenvalue weighted by molar-refractivity contribution is 5.56. The van der Waals surface area contributed by atoms with Gasteiger partial charge >= 0.3 is 0 Å². The molecule has 1 saturated carbocycles. The highest BCUT2D eigenvalue weighted by atomic mass is 16.5. The van der Waals surface area contributed by atoms with E-state index in [-0.39, 0.29) is 12.1 Å². The van der Waals surface area contributed by atoms with Crippen molar-refractivity contribution in [3.8, 4) is 0 Å². The Hall–Kier alpha value is -1.40. The number of hydrogen-bond acceptors (Lipinski definition) is 6. The van der Waals surface area contributed by atoms with Crippen LogP contribution in [0.2, 0.25) is 0 Å². The number of hydrogen-bond donors (Lipinski definition) is 3. The Kier molecular flexibility index (Phi) is 3.52. The van der Waals surface area contributed by atoms with E-state index in [1.165, 1.54) is 0 Å². The van der Waals surface area contributed by atoms with Gasteiger partial charge in [-0.3, -0.25) is 0 Å². The molecule has 0 spiro atoms. The Morgan fingerprint density at radius 2 is 2.05 bits per heavy atom. The molecule has 0 amide bonds. The maximum absolute atomic E-state index is 10.0. The number of aliphatic hydroxyl groups excluding tert-OH is 1. The Morgan fingerprint density at radius 1 is 1.21 bits per heavy atom. The van der Waals surface area contributed by atoms with E-state index in [9.17, 15) is 5.11 Å². The van der Waals surface area contributed by atoms with Crippen molar-refractivity contribution in [2.24, 2.45) is 0 Å². The van der Waals surface area contributed by atoms with Gasteiger partial charge in [0.1, 0.15) is 5.82 Å². The first kappa shape index (κ1) is 12.6. The number of aliphatic hydroxyl groups is 1. The van der Waals surface area contributed by atoms with Crippen molar-refractivity contribution >= 4 is 11.6 Å². The van der Waals surface area contributed by atoms with Crippen LogP contribution in [0, 0.1) is 0 Å². The van der Waals surface area contributed by atoms with Gasteiger partial charge < -0.3 is 20.9 Å². The average Bonchev–Trinajstić information content (AvgIpc) is 2.44. The molecule has 2 atom stereocenters. The molecular formula is C13H20N4O2. The molecular weight excluding hydrogens is 244 g/mol. The first-order valence-corrected chi connectivity index (χ1v) is 6.92. The third-order valence-electron chi connectivity index (χ3n) is 4.01. The molecule has 104 valence electrons. The molecule has 2 aliphatic rings. The van der Waals surface area contributed by atoms with E-state index in [0.29, 0.717) is 19.0 Å². The summed E-state index contributed by atoms with van der Waals surface area (Å²) in [5.74, 6) is 1.21. The molecule has 1 aromatic heterocycles. The molecule has 1 aromatic rings. The fourth-order valence-electron chi connectivity index (χ4n) is 2.88. The topological polar surface area (TPSA) is 93.3 Å². The number of nitrogen functional groups attached to an aromatic ring is 1. The zero-order valence-corrected chi connectivity index (χ0v) is 10.9. The number of nitrogens with two attached hydrogens (primary N) is 1. The molecule has 1 fully saturated rings. The van der Waals surface area contributed by atoms with Crippen molar-refractivity contribution in [2.75, 3.05) is 17.7 Å². The number of aromatic nitrogens is 2. The molecule has 19 heavy (non-hydrogen) atoms. The summed E-state index contributed by atoms with van der Waals surface area (Å²) in [6.07, 6.45) is 4.50. The SMILES string of the molecule is Nc1nnc(N[C@@H]2CCCC[C@H]2O)c2c1CCOC2. The van der Waals surface area contributed by atoms with Gasteiger partial charge in [-0.2, -0.15) is 0 Å². The van der Waals surface area contributed by atoms with Gasteiger partial charge in [0.2, 0.25) is 0 Å². The molecule has 0 bridgehead atoms. The standard InChI is InChI=1S/C13H20N4O2/c14-12-8-5-6-19-7-9(8)13(17-16-12)15-10-3-1-2-4-11(10)18/h10-11,18H,1-7H2,(H2,14,16)(H,15,17)/t10-,11-/m1/s1. The molecule has 6 heteroatoms. The van der Waals surface area contributed by atoms with Crippen LogP contribution >= 0.6 is 0 Å². The molecule has 2 heterocycles. The Morgan fingerprint density at radius 3 is 2.89 bits per heavy atom. The minimum atomic E-state index is -0.312. The fourth-order valence-corrected chi connectivity index (χ4v) is 2.88. The zero-order chi connectivity index (χ0) is 13.2. The fraction of sp³-hybridized carbons (Fsp3) is 0.692. The van der Waals surface area contributed by atoms with Crippen LogP contribution in [-0.4, -0.2) is 34.1 Å². The van der Waals surface area contributed by atoms with Gasteiger partial charge in [-0.15, -0.1) is 10.2 Å². The van der Waals surface area contributed by atoms with Crippen molar-refractivity contribution in [3.63, 3.8) is 0 Å². The summed E-state index contributed by atoms with van der Waals surface area (Å²) in [6.45, 7) is 1.19. The van der Waals surface area contributed by atoms with E-state index in [4.69, 9.17) is 10.5 Å². The molecule has 0 saturated heterocycles. The molecule has 6 nitrogen and oxygen atoms in total. The lowest BCUT2D eigenvalue weighted by Gasteiger charge is -2.30. The van der Waals surface area contributed by atoms with E-state index in [1.54, 1.807) is 0 Å². The largest absolute Gasteiger partial charge is 0.391 e. The normalized spacial score (nSPS) is 26.8. The minimum Gasteiger partial charge on any atom is -0.391 e. The van der Waals surface area contributed by atoms with Gasteiger partial charge in [0.15, 0.2) is 5.82 Å². The maximum Gasteiger partial charge on any atom is 0.154 e. The van der Waals surface area contributed by atoms with Gasteiger partial charge in [0, 0.05) is 11.1 Å². The van der Waals surface area contributed by atoms with Crippen LogP contribution in [0.3, 0.4) is 0 Å². The van der Waals surface area contributed by atoms with Crippen molar-refractivity contribution in [1.82, 2.24) is 10.2 Å². The second-order valence-corrected chi connectivity index (χ2v) is 5.30. The van der Waals surface area contributed by atoms with Gasteiger partial charge in [-0.25, -0.2) is 0 Å². The number of anilines is 2. The number of nitrogens with one attached hydrogen (secondary N) is 1. The lowest BCUT2D eigenvalue weighted by molar-refractivity contribution is 0.108. The molecule has 1 aliphatic heterocycles. The van der Waals surface area contributed by atoms with E-state index >= 15 is 0 Å². The minimum absolute atomic E-state index is 0.0534. The van der Waals surface area contributed by atoms with Gasteiger partial charge in [-0.1, -0.05) is 12.8 Å². The van der Waals surface area contributed by atoms with Crippen molar-refractivity contribution in [3.05, 3.63) is 11.1 Å². The average molecular weight is 264 g/mol. The van der Waals surface area contributed by atoms with Crippen LogP contribution in [-0.2, 0) is 17.8 Å². The summed E-state index contributed by atoms with van der Waals surface area (Å²) in [4.78, 5) is 0. The monoisotopic (exact) mass is 264 g/mol. The highest BCUT2D eigenvalue weighted by Crippen LogP contribution is 2.28. The van der Waals surface area contributed by atoms with E-state index in [1.807, 2.05) is 0 Å². The van der Waals surface area contributed by atoms with E-state index in [2.05, 4.69) is 15.5 Å². The molecule has 4 N–H and O–H groups in total. The van der Waals surface area contributed by atoms with E-state index in [0.717, 1.165) is 49.0 Å². The first-order valence-electron chi connectivity index (χ1n) is 6.92. The van der Waals surface area contributed by atoms with Crippen molar-refractivity contribution in [2.45, 2.75) is 50.9 Å². The summed E-state index contributed by atoms with van der Waals surface area (Å²) in [6, 6.07) is 0.0534. The van der Waals surface area contributed by atoms with E-state index < -0.39 is 0 Å². The van der Waals surface area contributed by atoms with Gasteiger partial charge in [0.05, 0.1) is 25.4 Å². The predicted octanol–water partition coefficient (Wildman–Crippen LogP) is 0.847. The summed E-state index contributed by atoms with van der Waals surface area (Å²) < 4.78 is 5.48. The predicted molar refractivity (Wildman–Crippen MR) is 71.7 cm³/mol. The van der Waals surface area contributed by atoms with Crippen LogP contribution < -0.4 is 11.1 Å².